The first kappa shape index (κ1) is 23.7. The number of carbonyl (C=O) groups is 1. The number of aromatic nitrogens is 2. The molecule has 2 aromatic carbocycles. The van der Waals surface area contributed by atoms with Crippen LogP contribution >= 0.6 is 23.1 Å². The van der Waals surface area contributed by atoms with Crippen molar-refractivity contribution in [3.05, 3.63) is 69.8 Å². The van der Waals surface area contributed by atoms with Crippen LogP contribution in [0.15, 0.2) is 63.9 Å². The molecule has 0 saturated heterocycles. The number of ether oxygens (including phenoxy) is 3. The first-order chi connectivity index (χ1) is 16.5. The molecule has 0 aliphatic rings. The monoisotopic (exact) mass is 497 g/mol. The van der Waals surface area contributed by atoms with E-state index in [0.717, 1.165) is 5.56 Å². The molecular formula is C24H23N3O5S2. The maximum atomic E-state index is 13.2. The van der Waals surface area contributed by atoms with Gasteiger partial charge in [-0.1, -0.05) is 30.0 Å². The van der Waals surface area contributed by atoms with E-state index in [1.165, 1.54) is 23.1 Å². The second kappa shape index (κ2) is 10.6. The fourth-order valence-electron chi connectivity index (χ4n) is 3.38. The zero-order valence-corrected chi connectivity index (χ0v) is 20.5. The molecule has 2 heterocycles. The number of benzene rings is 2. The highest BCUT2D eigenvalue weighted by molar-refractivity contribution is 7.99. The lowest BCUT2D eigenvalue weighted by Gasteiger charge is -2.14. The maximum Gasteiger partial charge on any atom is 0.272 e. The Morgan fingerprint density at radius 2 is 1.79 bits per heavy atom. The molecule has 0 bridgehead atoms. The molecular weight excluding hydrogens is 474 g/mol. The number of rotatable bonds is 9. The number of para-hydroxylation sites is 1. The number of fused-ring (bicyclic) bond motifs is 1. The average molecular weight is 498 g/mol. The van der Waals surface area contributed by atoms with Crippen molar-refractivity contribution in [2.75, 3.05) is 32.4 Å². The third-order valence-electron chi connectivity index (χ3n) is 5.02. The standard InChI is InChI=1S/C24H23N3O5S2/c1-30-17-10-16(11-18(12-17)31-2)25-21(28)14-34-24-26-19-8-9-33-22(19)23(29)27(24)13-15-6-4-5-7-20(15)32-3/h4-12H,13-14H2,1-3H3,(H,25,28). The van der Waals surface area contributed by atoms with E-state index in [1.807, 2.05) is 35.7 Å². The summed E-state index contributed by atoms with van der Waals surface area (Å²) in [6.07, 6.45) is 0. The van der Waals surface area contributed by atoms with E-state index in [9.17, 15) is 9.59 Å². The number of amides is 1. The molecule has 0 fully saturated rings. The Bertz CT molecular complexity index is 1360. The number of anilines is 1. The molecule has 8 nitrogen and oxygen atoms in total. The lowest BCUT2D eigenvalue weighted by atomic mass is 10.2. The minimum Gasteiger partial charge on any atom is -0.497 e. The van der Waals surface area contributed by atoms with Gasteiger partial charge in [0.1, 0.15) is 21.9 Å². The van der Waals surface area contributed by atoms with Gasteiger partial charge >= 0.3 is 0 Å². The van der Waals surface area contributed by atoms with E-state index >= 15 is 0 Å². The molecule has 0 aliphatic carbocycles. The van der Waals surface area contributed by atoms with Gasteiger partial charge in [-0.05, 0) is 17.5 Å². The van der Waals surface area contributed by atoms with E-state index in [-0.39, 0.29) is 23.8 Å². The van der Waals surface area contributed by atoms with Crippen molar-refractivity contribution in [1.82, 2.24) is 9.55 Å². The Morgan fingerprint density at radius 1 is 1.06 bits per heavy atom. The van der Waals surface area contributed by atoms with Gasteiger partial charge in [-0.2, -0.15) is 0 Å². The molecule has 2 aromatic heterocycles. The number of hydrogen-bond donors (Lipinski definition) is 1. The Morgan fingerprint density at radius 3 is 2.50 bits per heavy atom. The van der Waals surface area contributed by atoms with Crippen molar-refractivity contribution in [1.29, 1.82) is 0 Å². The number of nitrogens with zero attached hydrogens (tertiary/aromatic N) is 2. The van der Waals surface area contributed by atoms with Crippen LogP contribution in [0.3, 0.4) is 0 Å². The predicted octanol–water partition coefficient (Wildman–Crippen LogP) is 4.26. The highest BCUT2D eigenvalue weighted by Crippen LogP contribution is 2.27. The summed E-state index contributed by atoms with van der Waals surface area (Å²) in [5.41, 5.74) is 1.87. The SMILES string of the molecule is COc1cc(NC(=O)CSc2nc3ccsc3c(=O)n2Cc2ccccc2OC)cc(OC)c1. The summed E-state index contributed by atoms with van der Waals surface area (Å²) in [6.45, 7) is 0.278. The Labute approximate surface area is 204 Å². The molecule has 0 unspecified atom stereocenters. The molecule has 4 aromatic rings. The number of thioether (sulfide) groups is 1. The fraction of sp³-hybridized carbons (Fsp3) is 0.208. The fourth-order valence-corrected chi connectivity index (χ4v) is 4.96. The maximum absolute atomic E-state index is 13.2. The van der Waals surface area contributed by atoms with Crippen LogP contribution in [0.1, 0.15) is 5.56 Å². The van der Waals surface area contributed by atoms with E-state index in [4.69, 9.17) is 14.2 Å². The van der Waals surface area contributed by atoms with Crippen LogP contribution in [0, 0.1) is 0 Å². The smallest absolute Gasteiger partial charge is 0.272 e. The lowest BCUT2D eigenvalue weighted by Crippen LogP contribution is -2.24. The van der Waals surface area contributed by atoms with Gasteiger partial charge in [-0.15, -0.1) is 11.3 Å². The molecule has 176 valence electrons. The number of hydrogen-bond acceptors (Lipinski definition) is 8. The summed E-state index contributed by atoms with van der Waals surface area (Å²) in [5.74, 6) is 1.63. The molecule has 10 heteroatoms. The predicted molar refractivity (Wildman–Crippen MR) is 135 cm³/mol. The van der Waals surface area contributed by atoms with Gasteiger partial charge in [0.05, 0.1) is 39.1 Å². The summed E-state index contributed by atoms with van der Waals surface area (Å²) in [4.78, 5) is 30.6. The van der Waals surface area contributed by atoms with Crippen molar-refractivity contribution in [3.63, 3.8) is 0 Å². The van der Waals surface area contributed by atoms with Gasteiger partial charge in [0.25, 0.3) is 5.56 Å². The quantitative estimate of drug-likeness (QED) is 0.273. The van der Waals surface area contributed by atoms with Crippen LogP contribution in [-0.4, -0.2) is 42.5 Å². The number of nitrogens with one attached hydrogen (secondary N) is 1. The molecule has 0 atom stereocenters. The third-order valence-corrected chi connectivity index (χ3v) is 6.89. The van der Waals surface area contributed by atoms with Gasteiger partial charge in [-0.25, -0.2) is 4.98 Å². The van der Waals surface area contributed by atoms with Crippen molar-refractivity contribution < 1.29 is 19.0 Å². The summed E-state index contributed by atoms with van der Waals surface area (Å²) < 4.78 is 18.1. The minimum absolute atomic E-state index is 0.0630. The average Bonchev–Trinajstić information content (AvgIpc) is 3.33. The van der Waals surface area contributed by atoms with Crippen molar-refractivity contribution in [3.8, 4) is 17.2 Å². The second-order valence-corrected chi connectivity index (χ2v) is 9.03. The normalized spacial score (nSPS) is 10.8. The van der Waals surface area contributed by atoms with Crippen LogP contribution in [0.2, 0.25) is 0 Å². The summed E-state index contributed by atoms with van der Waals surface area (Å²) in [7, 11) is 4.68. The van der Waals surface area contributed by atoms with Crippen LogP contribution < -0.4 is 25.1 Å². The van der Waals surface area contributed by atoms with Crippen molar-refractivity contribution in [2.45, 2.75) is 11.7 Å². The van der Waals surface area contributed by atoms with Gasteiger partial charge in [0, 0.05) is 29.4 Å². The molecule has 0 spiro atoms. The van der Waals surface area contributed by atoms with Gasteiger partial charge < -0.3 is 19.5 Å². The highest BCUT2D eigenvalue weighted by atomic mass is 32.2. The van der Waals surface area contributed by atoms with Gasteiger partial charge in [-0.3, -0.25) is 14.2 Å². The van der Waals surface area contributed by atoms with Crippen molar-refractivity contribution in [2.24, 2.45) is 0 Å². The third kappa shape index (κ3) is 5.18. The molecule has 0 radical (unpaired) electrons. The topological polar surface area (TPSA) is 91.7 Å². The molecule has 1 N–H and O–H groups in total. The van der Waals surface area contributed by atoms with Gasteiger partial charge in [0.15, 0.2) is 5.16 Å². The second-order valence-electron chi connectivity index (χ2n) is 7.17. The van der Waals surface area contributed by atoms with Crippen molar-refractivity contribution >= 4 is 44.9 Å². The van der Waals surface area contributed by atoms with Crippen LogP contribution in [0.25, 0.3) is 10.2 Å². The molecule has 0 saturated carbocycles. The molecule has 4 rings (SSSR count). The lowest BCUT2D eigenvalue weighted by molar-refractivity contribution is -0.113. The van der Waals surface area contributed by atoms with E-state index in [2.05, 4.69) is 10.3 Å². The van der Waals surface area contributed by atoms with Crippen LogP contribution in [0.4, 0.5) is 5.69 Å². The zero-order valence-electron chi connectivity index (χ0n) is 18.9. The number of thiophene rings is 1. The van der Waals surface area contributed by atoms with Gasteiger partial charge in [0.2, 0.25) is 5.91 Å². The first-order valence-corrected chi connectivity index (χ1v) is 12.1. The summed E-state index contributed by atoms with van der Waals surface area (Å²) >= 11 is 2.55. The molecule has 1 amide bonds. The zero-order chi connectivity index (χ0) is 24.1. The Hall–Kier alpha value is -3.50. The van der Waals surface area contributed by atoms with E-state index in [0.29, 0.717) is 38.3 Å². The van der Waals surface area contributed by atoms with Crippen LogP contribution in [-0.2, 0) is 11.3 Å². The number of carbonyl (C=O) groups excluding carboxylic acids is 1. The van der Waals surface area contributed by atoms with E-state index < -0.39 is 0 Å². The highest BCUT2D eigenvalue weighted by Gasteiger charge is 2.16. The molecule has 0 aliphatic heterocycles. The summed E-state index contributed by atoms with van der Waals surface area (Å²) in [5, 5.41) is 5.14. The Balaban J connectivity index is 1.58. The van der Waals surface area contributed by atoms with Crippen LogP contribution in [0.5, 0.6) is 17.2 Å². The Kier molecular flexibility index (Phi) is 7.39. The van der Waals surface area contributed by atoms with E-state index in [1.54, 1.807) is 44.1 Å². The summed E-state index contributed by atoms with van der Waals surface area (Å²) in [6, 6.07) is 14.5. The number of methoxy groups -OCH3 is 3. The minimum atomic E-state index is -0.246. The largest absolute Gasteiger partial charge is 0.497 e. The first-order valence-electron chi connectivity index (χ1n) is 10.3. The molecule has 34 heavy (non-hydrogen) atoms.